The van der Waals surface area contributed by atoms with Crippen molar-refractivity contribution < 1.29 is 13.9 Å². The number of carbonyl (C=O) groups is 1. The van der Waals surface area contributed by atoms with Gasteiger partial charge in [-0.3, -0.25) is 9.36 Å². The second-order valence-corrected chi connectivity index (χ2v) is 8.17. The van der Waals surface area contributed by atoms with Gasteiger partial charge in [0.2, 0.25) is 0 Å². The van der Waals surface area contributed by atoms with Gasteiger partial charge in [-0.15, -0.1) is 10.2 Å². The highest BCUT2D eigenvalue weighted by atomic mass is 32.2. The fourth-order valence-electron chi connectivity index (χ4n) is 3.38. The van der Waals surface area contributed by atoms with E-state index in [2.05, 4.69) is 10.2 Å². The number of nitrogens with zero attached hydrogens (tertiary/aromatic N) is 3. The van der Waals surface area contributed by atoms with Crippen molar-refractivity contribution >= 4 is 17.5 Å². The molecule has 0 amide bonds. The van der Waals surface area contributed by atoms with E-state index >= 15 is 0 Å². The van der Waals surface area contributed by atoms with Gasteiger partial charge in [-0.05, 0) is 55.8 Å². The number of rotatable bonds is 8. The molecule has 0 saturated carbocycles. The third kappa shape index (κ3) is 4.72. The number of aromatic nitrogens is 3. The van der Waals surface area contributed by atoms with Crippen molar-refractivity contribution in [1.29, 1.82) is 0 Å². The molecule has 0 bridgehead atoms. The second kappa shape index (κ2) is 9.22. The van der Waals surface area contributed by atoms with Gasteiger partial charge in [0.25, 0.3) is 0 Å². The number of methoxy groups -OCH3 is 1. The summed E-state index contributed by atoms with van der Waals surface area (Å²) < 4.78 is 12.8. The Morgan fingerprint density at radius 1 is 1.10 bits per heavy atom. The first-order chi connectivity index (χ1) is 15.0. The van der Waals surface area contributed by atoms with Crippen LogP contribution in [0.5, 0.6) is 5.75 Å². The SMILES string of the molecule is COc1ccc(-c2nnc(SCC(=O)c3ccc(C)cc3C)n2Cc2ccco2)cc1. The molecule has 6 nitrogen and oxygen atoms in total. The fourth-order valence-corrected chi connectivity index (χ4v) is 4.21. The highest BCUT2D eigenvalue weighted by Crippen LogP contribution is 2.27. The fraction of sp³-hybridized carbons (Fsp3) is 0.208. The van der Waals surface area contributed by atoms with Gasteiger partial charge in [0, 0.05) is 11.1 Å². The third-order valence-corrected chi connectivity index (χ3v) is 5.94. The minimum Gasteiger partial charge on any atom is -0.497 e. The molecule has 31 heavy (non-hydrogen) atoms. The number of ketones is 1. The summed E-state index contributed by atoms with van der Waals surface area (Å²) >= 11 is 1.38. The third-order valence-electron chi connectivity index (χ3n) is 4.97. The van der Waals surface area contributed by atoms with Crippen LogP contribution in [0.15, 0.2) is 70.4 Å². The Balaban J connectivity index is 1.60. The van der Waals surface area contributed by atoms with E-state index in [4.69, 9.17) is 9.15 Å². The molecule has 0 aliphatic heterocycles. The zero-order chi connectivity index (χ0) is 21.8. The monoisotopic (exact) mass is 433 g/mol. The molecule has 0 spiro atoms. The molecular weight excluding hydrogens is 410 g/mol. The first-order valence-corrected chi connectivity index (χ1v) is 10.9. The van der Waals surface area contributed by atoms with Crippen LogP contribution in [0.1, 0.15) is 27.2 Å². The Kier molecular flexibility index (Phi) is 6.23. The maximum atomic E-state index is 12.8. The molecule has 158 valence electrons. The van der Waals surface area contributed by atoms with Crippen molar-refractivity contribution in [2.24, 2.45) is 0 Å². The molecule has 2 aromatic heterocycles. The Morgan fingerprint density at radius 3 is 2.58 bits per heavy atom. The zero-order valence-electron chi connectivity index (χ0n) is 17.7. The first-order valence-electron chi connectivity index (χ1n) is 9.88. The van der Waals surface area contributed by atoms with Crippen LogP contribution in [-0.4, -0.2) is 33.4 Å². The molecule has 7 heteroatoms. The standard InChI is InChI=1S/C24H23N3O3S/c1-16-6-11-21(17(2)13-16)22(28)15-31-24-26-25-23(18-7-9-19(29-3)10-8-18)27(24)14-20-5-4-12-30-20/h4-13H,14-15H2,1-3H3. The van der Waals surface area contributed by atoms with Crippen LogP contribution in [0.25, 0.3) is 11.4 Å². The lowest BCUT2D eigenvalue weighted by atomic mass is 10.0. The van der Waals surface area contributed by atoms with Crippen LogP contribution >= 0.6 is 11.8 Å². The van der Waals surface area contributed by atoms with Crippen molar-refractivity contribution in [2.45, 2.75) is 25.5 Å². The van der Waals surface area contributed by atoms with E-state index in [1.165, 1.54) is 11.8 Å². The number of benzene rings is 2. The summed E-state index contributed by atoms with van der Waals surface area (Å²) in [5.74, 6) is 2.62. The predicted molar refractivity (Wildman–Crippen MR) is 121 cm³/mol. The molecule has 4 rings (SSSR count). The Labute approximate surface area is 185 Å². The quantitative estimate of drug-likeness (QED) is 0.281. The van der Waals surface area contributed by atoms with Gasteiger partial charge >= 0.3 is 0 Å². The van der Waals surface area contributed by atoms with Crippen molar-refractivity contribution in [3.63, 3.8) is 0 Å². The van der Waals surface area contributed by atoms with Crippen LogP contribution < -0.4 is 4.74 Å². The summed E-state index contributed by atoms with van der Waals surface area (Å²) in [6, 6.07) is 17.3. The number of hydrogen-bond acceptors (Lipinski definition) is 6. The van der Waals surface area contributed by atoms with Crippen molar-refractivity contribution in [1.82, 2.24) is 14.8 Å². The zero-order valence-corrected chi connectivity index (χ0v) is 18.5. The molecule has 4 aromatic rings. The van der Waals surface area contributed by atoms with E-state index in [1.54, 1.807) is 13.4 Å². The average Bonchev–Trinajstić information content (AvgIpc) is 3.42. The number of thioether (sulfide) groups is 1. The number of hydrogen-bond donors (Lipinski definition) is 0. The molecule has 0 radical (unpaired) electrons. The molecular formula is C24H23N3O3S. The van der Waals surface area contributed by atoms with Gasteiger partial charge in [-0.2, -0.15) is 0 Å². The van der Waals surface area contributed by atoms with E-state index in [0.29, 0.717) is 17.5 Å². The average molecular weight is 434 g/mol. The minimum absolute atomic E-state index is 0.0704. The highest BCUT2D eigenvalue weighted by molar-refractivity contribution is 7.99. The number of ether oxygens (including phenoxy) is 1. The molecule has 2 aromatic carbocycles. The van der Waals surface area contributed by atoms with Crippen LogP contribution in [0.2, 0.25) is 0 Å². The Hall–Kier alpha value is -3.32. The van der Waals surface area contributed by atoms with Gasteiger partial charge < -0.3 is 9.15 Å². The first kappa shape index (κ1) is 20.9. The molecule has 0 saturated heterocycles. The largest absolute Gasteiger partial charge is 0.497 e. The van der Waals surface area contributed by atoms with Gasteiger partial charge in [0.15, 0.2) is 16.8 Å². The summed E-state index contributed by atoms with van der Waals surface area (Å²) in [5.41, 5.74) is 3.78. The normalized spacial score (nSPS) is 10.9. The van der Waals surface area contributed by atoms with Gasteiger partial charge in [0.05, 0.1) is 25.7 Å². The smallest absolute Gasteiger partial charge is 0.192 e. The van der Waals surface area contributed by atoms with E-state index in [-0.39, 0.29) is 11.5 Å². The van der Waals surface area contributed by atoms with Crippen LogP contribution in [0.4, 0.5) is 0 Å². The predicted octanol–water partition coefficient (Wildman–Crippen LogP) is 5.19. The molecule has 0 aliphatic carbocycles. The number of furan rings is 1. The summed E-state index contributed by atoms with van der Waals surface area (Å²) in [6.07, 6.45) is 1.64. The summed E-state index contributed by atoms with van der Waals surface area (Å²) in [4.78, 5) is 12.8. The summed E-state index contributed by atoms with van der Waals surface area (Å²) in [6.45, 7) is 4.46. The minimum atomic E-state index is 0.0704. The lowest BCUT2D eigenvalue weighted by molar-refractivity contribution is 0.102. The van der Waals surface area contributed by atoms with Crippen molar-refractivity contribution in [3.8, 4) is 17.1 Å². The number of carbonyl (C=O) groups excluding carboxylic acids is 1. The summed E-state index contributed by atoms with van der Waals surface area (Å²) in [5, 5.41) is 9.44. The van der Waals surface area contributed by atoms with Crippen molar-refractivity contribution in [2.75, 3.05) is 12.9 Å². The topological polar surface area (TPSA) is 70.2 Å². The van der Waals surface area contributed by atoms with Gasteiger partial charge in [0.1, 0.15) is 11.5 Å². The molecule has 0 unspecified atom stereocenters. The van der Waals surface area contributed by atoms with Gasteiger partial charge in [-0.25, -0.2) is 0 Å². The highest BCUT2D eigenvalue weighted by Gasteiger charge is 2.18. The molecule has 0 aliphatic rings. The Bertz CT molecular complexity index is 1180. The molecule has 0 N–H and O–H groups in total. The maximum Gasteiger partial charge on any atom is 0.192 e. The lowest BCUT2D eigenvalue weighted by Crippen LogP contribution is -2.08. The molecule has 0 atom stereocenters. The maximum absolute atomic E-state index is 12.8. The van der Waals surface area contributed by atoms with E-state index in [0.717, 1.165) is 33.8 Å². The molecule has 2 heterocycles. The van der Waals surface area contributed by atoms with Crippen LogP contribution in [-0.2, 0) is 6.54 Å². The van der Waals surface area contributed by atoms with Gasteiger partial charge in [-0.1, -0.05) is 35.5 Å². The van der Waals surface area contributed by atoms with E-state index in [1.807, 2.05) is 73.0 Å². The van der Waals surface area contributed by atoms with E-state index < -0.39 is 0 Å². The van der Waals surface area contributed by atoms with E-state index in [9.17, 15) is 4.79 Å². The number of Topliss-reactive ketones (excluding diaryl/α,β-unsaturated/α-hetero) is 1. The summed E-state index contributed by atoms with van der Waals surface area (Å²) in [7, 11) is 1.63. The van der Waals surface area contributed by atoms with Crippen LogP contribution in [0.3, 0.4) is 0 Å². The number of aryl methyl sites for hydroxylation is 2. The lowest BCUT2D eigenvalue weighted by Gasteiger charge is -2.10. The Morgan fingerprint density at radius 2 is 1.90 bits per heavy atom. The second-order valence-electron chi connectivity index (χ2n) is 7.23. The van der Waals surface area contributed by atoms with Crippen molar-refractivity contribution in [3.05, 3.63) is 83.3 Å². The van der Waals surface area contributed by atoms with Crippen LogP contribution in [0, 0.1) is 13.8 Å². The molecule has 0 fully saturated rings.